The van der Waals surface area contributed by atoms with Gasteiger partial charge in [0, 0.05) is 17.3 Å². The Morgan fingerprint density at radius 2 is 2.14 bits per heavy atom. The molecular formula is C13H19N5O2S. The number of rotatable bonds is 4. The molecule has 0 radical (unpaired) electrons. The molecule has 0 bridgehead atoms. The largest absolute Gasteiger partial charge is 0.351 e. The molecular weight excluding hydrogens is 290 g/mol. The number of hydrogen-bond donors (Lipinski definition) is 2. The van der Waals surface area contributed by atoms with Crippen molar-refractivity contribution in [1.82, 2.24) is 24.9 Å². The van der Waals surface area contributed by atoms with Gasteiger partial charge in [-0.15, -0.1) is 10.2 Å². The van der Waals surface area contributed by atoms with Crippen molar-refractivity contribution in [2.75, 3.05) is 5.75 Å². The lowest BCUT2D eigenvalue weighted by Crippen LogP contribution is -2.41. The summed E-state index contributed by atoms with van der Waals surface area (Å²) >= 11 is 1.30. The topological polar surface area (TPSA) is 92.2 Å². The zero-order valence-corrected chi connectivity index (χ0v) is 13.4. The molecule has 0 saturated carbocycles. The highest BCUT2D eigenvalue weighted by molar-refractivity contribution is 7.99. The minimum absolute atomic E-state index is 0.0632. The summed E-state index contributed by atoms with van der Waals surface area (Å²) in [4.78, 5) is 26.0. The number of aromatic amines is 1. The zero-order valence-electron chi connectivity index (χ0n) is 12.6. The number of H-pyrrole nitrogens is 1. The molecule has 1 amide bonds. The number of amides is 1. The van der Waals surface area contributed by atoms with Gasteiger partial charge in [-0.25, -0.2) is 0 Å². The first kappa shape index (κ1) is 15.6. The van der Waals surface area contributed by atoms with Gasteiger partial charge >= 0.3 is 0 Å². The second kappa shape index (κ2) is 5.88. The Kier molecular flexibility index (Phi) is 4.36. The highest BCUT2D eigenvalue weighted by Crippen LogP contribution is 2.17. The van der Waals surface area contributed by atoms with Gasteiger partial charge in [-0.3, -0.25) is 19.0 Å². The first-order valence-electron chi connectivity index (χ1n) is 6.71. The Hall–Kier alpha value is -1.83. The molecule has 2 N–H and O–H groups in total. The minimum atomic E-state index is -0.260. The molecule has 2 rings (SSSR count). The van der Waals surface area contributed by atoms with Gasteiger partial charge in [0.1, 0.15) is 0 Å². The van der Waals surface area contributed by atoms with E-state index in [1.807, 2.05) is 27.7 Å². The summed E-state index contributed by atoms with van der Waals surface area (Å²) in [6, 6.07) is 1.52. The first-order valence-corrected chi connectivity index (χ1v) is 7.70. The molecule has 2 heterocycles. The fraction of sp³-hybridized carbons (Fsp3) is 0.538. The Balaban J connectivity index is 2.20. The van der Waals surface area contributed by atoms with Crippen LogP contribution in [0, 0.1) is 0 Å². The lowest BCUT2D eigenvalue weighted by atomic mass is 10.1. The number of aromatic nitrogens is 4. The maximum absolute atomic E-state index is 11.9. The summed E-state index contributed by atoms with van der Waals surface area (Å²) in [6.45, 7) is 7.75. The highest BCUT2D eigenvalue weighted by atomic mass is 32.2. The van der Waals surface area contributed by atoms with Crippen molar-refractivity contribution in [3.8, 4) is 0 Å². The summed E-state index contributed by atoms with van der Waals surface area (Å²) in [7, 11) is 0. The summed E-state index contributed by atoms with van der Waals surface area (Å²) < 4.78 is 1.77. The van der Waals surface area contributed by atoms with Crippen LogP contribution in [0.3, 0.4) is 0 Å². The van der Waals surface area contributed by atoms with E-state index in [9.17, 15) is 9.59 Å². The molecule has 0 spiro atoms. The molecule has 0 fully saturated rings. The number of nitrogens with one attached hydrogen (secondary N) is 2. The number of nitrogens with zero attached hydrogens (tertiary/aromatic N) is 3. The van der Waals surface area contributed by atoms with Gasteiger partial charge in [0.25, 0.3) is 5.56 Å². The number of carbonyl (C=O) groups excluding carboxylic acids is 1. The molecule has 8 heteroatoms. The first-order chi connectivity index (χ1) is 9.80. The van der Waals surface area contributed by atoms with Crippen LogP contribution >= 0.6 is 11.8 Å². The zero-order chi connectivity index (χ0) is 15.6. The van der Waals surface area contributed by atoms with E-state index in [-0.39, 0.29) is 22.8 Å². The Bertz CT molecular complexity index is 713. The molecule has 7 nitrogen and oxygen atoms in total. The van der Waals surface area contributed by atoms with Crippen molar-refractivity contribution in [3.05, 3.63) is 22.1 Å². The van der Waals surface area contributed by atoms with E-state index in [4.69, 9.17) is 0 Å². The number of hydrogen-bond acceptors (Lipinski definition) is 5. The third-order valence-corrected chi connectivity index (χ3v) is 3.59. The SMILES string of the molecule is CCc1cc(=O)[nH]c2nnc(SCC(=O)NC(C)(C)C)n12. The van der Waals surface area contributed by atoms with E-state index in [1.165, 1.54) is 17.8 Å². The maximum Gasteiger partial charge on any atom is 0.252 e. The van der Waals surface area contributed by atoms with Crippen molar-refractivity contribution in [1.29, 1.82) is 0 Å². The quantitative estimate of drug-likeness (QED) is 0.822. The van der Waals surface area contributed by atoms with Gasteiger partial charge in [-0.1, -0.05) is 18.7 Å². The van der Waals surface area contributed by atoms with Crippen LogP contribution in [0.1, 0.15) is 33.4 Å². The van der Waals surface area contributed by atoms with E-state index in [2.05, 4.69) is 20.5 Å². The normalized spacial score (nSPS) is 11.8. The third kappa shape index (κ3) is 3.84. The molecule has 0 aliphatic rings. The van der Waals surface area contributed by atoms with Crippen LogP contribution in [0.15, 0.2) is 16.0 Å². The van der Waals surface area contributed by atoms with Crippen molar-refractivity contribution in [3.63, 3.8) is 0 Å². The van der Waals surface area contributed by atoms with Crippen LogP contribution in [0.4, 0.5) is 0 Å². The molecule has 0 aromatic carbocycles. The lowest BCUT2D eigenvalue weighted by Gasteiger charge is -2.20. The summed E-state index contributed by atoms with van der Waals surface area (Å²) in [6.07, 6.45) is 0.681. The lowest BCUT2D eigenvalue weighted by molar-refractivity contribution is -0.119. The minimum Gasteiger partial charge on any atom is -0.351 e. The van der Waals surface area contributed by atoms with Crippen molar-refractivity contribution >= 4 is 23.4 Å². The second-order valence-corrected chi connectivity index (χ2v) is 6.65. The van der Waals surface area contributed by atoms with Crippen LogP contribution in [-0.4, -0.2) is 36.8 Å². The molecule has 114 valence electrons. The maximum atomic E-state index is 11.9. The third-order valence-electron chi connectivity index (χ3n) is 2.66. The van der Waals surface area contributed by atoms with Crippen LogP contribution in [-0.2, 0) is 11.2 Å². The second-order valence-electron chi connectivity index (χ2n) is 5.71. The smallest absolute Gasteiger partial charge is 0.252 e. The molecule has 0 saturated heterocycles. The molecule has 2 aromatic rings. The van der Waals surface area contributed by atoms with E-state index in [1.54, 1.807) is 4.40 Å². The highest BCUT2D eigenvalue weighted by Gasteiger charge is 2.16. The predicted octanol–water partition coefficient (Wildman–Crippen LogP) is 0.987. The standard InChI is InChI=1S/C13H19N5O2S/c1-5-8-6-9(19)14-11-16-17-12(18(8)11)21-7-10(20)15-13(2,3)4/h6H,5,7H2,1-4H3,(H,15,20)(H,14,16,19). The molecule has 0 aliphatic heterocycles. The van der Waals surface area contributed by atoms with E-state index in [0.717, 1.165) is 5.69 Å². The van der Waals surface area contributed by atoms with Crippen molar-refractivity contribution < 1.29 is 4.79 Å². The fourth-order valence-electron chi connectivity index (χ4n) is 1.91. The van der Waals surface area contributed by atoms with Crippen LogP contribution in [0.25, 0.3) is 5.78 Å². The number of thioether (sulfide) groups is 1. The fourth-order valence-corrected chi connectivity index (χ4v) is 2.67. The van der Waals surface area contributed by atoms with E-state index >= 15 is 0 Å². The molecule has 21 heavy (non-hydrogen) atoms. The molecule has 0 unspecified atom stereocenters. The Morgan fingerprint density at radius 3 is 2.76 bits per heavy atom. The number of aryl methyl sites for hydroxylation is 1. The van der Waals surface area contributed by atoms with Gasteiger partial charge in [0.15, 0.2) is 5.16 Å². The molecule has 0 atom stereocenters. The Labute approximate surface area is 126 Å². The van der Waals surface area contributed by atoms with Crippen molar-refractivity contribution in [2.24, 2.45) is 0 Å². The number of carbonyl (C=O) groups is 1. The summed E-state index contributed by atoms with van der Waals surface area (Å²) in [5.41, 5.74) is 0.357. The average molecular weight is 309 g/mol. The molecule has 0 aliphatic carbocycles. The monoisotopic (exact) mass is 309 g/mol. The van der Waals surface area contributed by atoms with Crippen LogP contribution in [0.2, 0.25) is 0 Å². The van der Waals surface area contributed by atoms with Gasteiger partial charge in [-0.05, 0) is 27.2 Å². The average Bonchev–Trinajstić information content (AvgIpc) is 2.76. The van der Waals surface area contributed by atoms with Gasteiger partial charge in [0.05, 0.1) is 5.75 Å². The summed E-state index contributed by atoms with van der Waals surface area (Å²) in [5, 5.41) is 11.5. The van der Waals surface area contributed by atoms with E-state index in [0.29, 0.717) is 17.4 Å². The van der Waals surface area contributed by atoms with Gasteiger partial charge < -0.3 is 5.32 Å². The summed E-state index contributed by atoms with van der Waals surface area (Å²) in [5.74, 6) is 0.588. The Morgan fingerprint density at radius 1 is 1.43 bits per heavy atom. The van der Waals surface area contributed by atoms with Crippen LogP contribution < -0.4 is 10.9 Å². The van der Waals surface area contributed by atoms with Crippen molar-refractivity contribution in [2.45, 2.75) is 44.8 Å². The predicted molar refractivity (Wildman–Crippen MR) is 81.6 cm³/mol. The van der Waals surface area contributed by atoms with Gasteiger partial charge in [-0.2, -0.15) is 0 Å². The van der Waals surface area contributed by atoms with Crippen LogP contribution in [0.5, 0.6) is 0 Å². The van der Waals surface area contributed by atoms with E-state index < -0.39 is 0 Å². The number of fused-ring (bicyclic) bond motifs is 1. The van der Waals surface area contributed by atoms with Gasteiger partial charge in [0.2, 0.25) is 11.7 Å². The molecule has 2 aromatic heterocycles.